The summed E-state index contributed by atoms with van der Waals surface area (Å²) in [5, 5.41) is 14.5. The first kappa shape index (κ1) is 25.5. The number of aromatic nitrogens is 3. The number of ether oxygens (including phenoxy) is 2. The standard InChI is InChI=1S/C26H26N4O4S2/c1-4-30-23(18-13-9-10-14-20(18)33-3)28-29-26(30)36-16-21(31)27-24-22(25(32)34-5-2)19(15-35-24)17-11-7-6-8-12-17/h6-15H,4-5,16H2,1-3H3,(H,27,31). The number of hydrogen-bond acceptors (Lipinski definition) is 8. The molecule has 2 aromatic heterocycles. The SMILES string of the molecule is CCOC(=O)c1c(-c2ccccc2)csc1NC(=O)CSc1nnc(-c2ccccc2OC)n1CC. The number of nitrogens with one attached hydrogen (secondary N) is 1. The van der Waals surface area contributed by atoms with Crippen LogP contribution in [0.1, 0.15) is 24.2 Å². The number of esters is 1. The van der Waals surface area contributed by atoms with E-state index in [1.165, 1.54) is 23.1 Å². The van der Waals surface area contributed by atoms with Crippen LogP contribution in [0.5, 0.6) is 5.75 Å². The molecule has 0 radical (unpaired) electrons. The van der Waals surface area contributed by atoms with Gasteiger partial charge in [-0.1, -0.05) is 54.2 Å². The fraction of sp³-hybridized carbons (Fsp3) is 0.231. The van der Waals surface area contributed by atoms with E-state index in [-0.39, 0.29) is 18.3 Å². The molecule has 2 heterocycles. The second-order valence-corrected chi connectivity index (χ2v) is 9.35. The molecule has 0 unspecified atom stereocenters. The van der Waals surface area contributed by atoms with Crippen LogP contribution < -0.4 is 10.1 Å². The fourth-order valence-electron chi connectivity index (χ4n) is 3.69. The number of benzene rings is 2. The van der Waals surface area contributed by atoms with E-state index in [9.17, 15) is 9.59 Å². The maximum absolute atomic E-state index is 12.9. The average Bonchev–Trinajstić information content (AvgIpc) is 3.52. The largest absolute Gasteiger partial charge is 0.496 e. The number of thioether (sulfide) groups is 1. The number of thiophene rings is 1. The molecule has 0 saturated carbocycles. The Kier molecular flexibility index (Phi) is 8.40. The second-order valence-electron chi connectivity index (χ2n) is 7.53. The van der Waals surface area contributed by atoms with Gasteiger partial charge in [-0.15, -0.1) is 21.5 Å². The van der Waals surface area contributed by atoms with Crippen LogP contribution in [0.2, 0.25) is 0 Å². The zero-order valence-corrected chi connectivity index (χ0v) is 21.8. The van der Waals surface area contributed by atoms with Crippen molar-refractivity contribution < 1.29 is 19.1 Å². The summed E-state index contributed by atoms with van der Waals surface area (Å²) in [5.41, 5.74) is 2.80. The lowest BCUT2D eigenvalue weighted by Crippen LogP contribution is -2.16. The molecular formula is C26H26N4O4S2. The minimum absolute atomic E-state index is 0.102. The molecule has 186 valence electrons. The average molecular weight is 523 g/mol. The first-order valence-corrected chi connectivity index (χ1v) is 13.3. The monoisotopic (exact) mass is 522 g/mol. The number of amides is 1. The summed E-state index contributed by atoms with van der Waals surface area (Å²) in [7, 11) is 1.61. The Balaban J connectivity index is 1.52. The highest BCUT2D eigenvalue weighted by molar-refractivity contribution is 7.99. The van der Waals surface area contributed by atoms with Crippen LogP contribution in [0.4, 0.5) is 5.00 Å². The molecule has 4 rings (SSSR count). The molecule has 0 aliphatic carbocycles. The molecule has 0 spiro atoms. The van der Waals surface area contributed by atoms with E-state index in [0.29, 0.717) is 33.8 Å². The summed E-state index contributed by atoms with van der Waals surface area (Å²) in [6, 6.07) is 17.2. The van der Waals surface area contributed by atoms with Crippen molar-refractivity contribution in [2.75, 3.05) is 24.8 Å². The van der Waals surface area contributed by atoms with Crippen LogP contribution in [0, 0.1) is 0 Å². The molecule has 0 aliphatic heterocycles. The topological polar surface area (TPSA) is 95.3 Å². The summed E-state index contributed by atoms with van der Waals surface area (Å²) < 4.78 is 12.7. The normalized spacial score (nSPS) is 10.8. The lowest BCUT2D eigenvalue weighted by molar-refractivity contribution is -0.113. The smallest absolute Gasteiger partial charge is 0.341 e. The van der Waals surface area contributed by atoms with E-state index >= 15 is 0 Å². The third-order valence-corrected chi connectivity index (χ3v) is 7.18. The van der Waals surface area contributed by atoms with Gasteiger partial charge in [-0.25, -0.2) is 4.79 Å². The molecule has 1 N–H and O–H groups in total. The molecule has 2 aromatic carbocycles. The second kappa shape index (κ2) is 11.9. The first-order valence-electron chi connectivity index (χ1n) is 11.4. The minimum Gasteiger partial charge on any atom is -0.496 e. The van der Waals surface area contributed by atoms with Crippen LogP contribution in [0.15, 0.2) is 65.1 Å². The van der Waals surface area contributed by atoms with Crippen LogP contribution >= 0.6 is 23.1 Å². The Morgan fingerprint density at radius 2 is 1.78 bits per heavy atom. The van der Waals surface area contributed by atoms with Gasteiger partial charge in [0.25, 0.3) is 0 Å². The Labute approximate surface area is 217 Å². The van der Waals surface area contributed by atoms with Crippen molar-refractivity contribution in [2.24, 2.45) is 0 Å². The predicted octanol–water partition coefficient (Wildman–Crippen LogP) is 5.61. The van der Waals surface area contributed by atoms with E-state index < -0.39 is 5.97 Å². The minimum atomic E-state index is -0.465. The van der Waals surface area contributed by atoms with Crippen LogP contribution in [-0.4, -0.2) is 46.1 Å². The van der Waals surface area contributed by atoms with Crippen molar-refractivity contribution in [3.05, 3.63) is 65.5 Å². The van der Waals surface area contributed by atoms with Gasteiger partial charge in [0, 0.05) is 17.5 Å². The van der Waals surface area contributed by atoms with Gasteiger partial charge in [-0.3, -0.25) is 4.79 Å². The Hall–Kier alpha value is -3.63. The van der Waals surface area contributed by atoms with Gasteiger partial charge in [-0.05, 0) is 31.5 Å². The van der Waals surface area contributed by atoms with Crippen molar-refractivity contribution in [3.63, 3.8) is 0 Å². The van der Waals surface area contributed by atoms with E-state index in [2.05, 4.69) is 15.5 Å². The molecule has 0 bridgehead atoms. The summed E-state index contributed by atoms with van der Waals surface area (Å²) >= 11 is 2.58. The molecule has 8 nitrogen and oxygen atoms in total. The summed E-state index contributed by atoms with van der Waals surface area (Å²) in [5.74, 6) is 0.759. The third-order valence-electron chi connectivity index (χ3n) is 5.32. The number of para-hydroxylation sites is 1. The van der Waals surface area contributed by atoms with Crippen molar-refractivity contribution in [1.29, 1.82) is 0 Å². The van der Waals surface area contributed by atoms with E-state index in [1.807, 2.05) is 71.5 Å². The Morgan fingerprint density at radius 3 is 2.50 bits per heavy atom. The zero-order valence-electron chi connectivity index (χ0n) is 20.2. The van der Waals surface area contributed by atoms with Crippen LogP contribution in [0.25, 0.3) is 22.5 Å². The first-order chi connectivity index (χ1) is 17.6. The third kappa shape index (κ3) is 5.44. The lowest BCUT2D eigenvalue weighted by Gasteiger charge is -2.11. The van der Waals surface area contributed by atoms with E-state index in [1.54, 1.807) is 14.0 Å². The van der Waals surface area contributed by atoms with Crippen molar-refractivity contribution in [1.82, 2.24) is 14.8 Å². The van der Waals surface area contributed by atoms with Gasteiger partial charge in [0.05, 0.1) is 25.0 Å². The molecule has 10 heteroatoms. The molecule has 0 aliphatic rings. The molecule has 0 fully saturated rings. The van der Waals surface area contributed by atoms with Gasteiger partial charge < -0.3 is 19.4 Å². The van der Waals surface area contributed by atoms with Crippen LogP contribution in [0.3, 0.4) is 0 Å². The van der Waals surface area contributed by atoms with Crippen molar-refractivity contribution >= 4 is 40.0 Å². The summed E-state index contributed by atoms with van der Waals surface area (Å²) in [4.78, 5) is 25.6. The fourth-order valence-corrected chi connectivity index (χ4v) is 5.46. The molecule has 0 saturated heterocycles. The number of nitrogens with zero attached hydrogens (tertiary/aromatic N) is 3. The highest BCUT2D eigenvalue weighted by Crippen LogP contribution is 2.36. The van der Waals surface area contributed by atoms with Gasteiger partial charge in [-0.2, -0.15) is 0 Å². The van der Waals surface area contributed by atoms with Gasteiger partial charge >= 0.3 is 5.97 Å². The molecule has 36 heavy (non-hydrogen) atoms. The summed E-state index contributed by atoms with van der Waals surface area (Å²) in [6.07, 6.45) is 0. The van der Waals surface area contributed by atoms with Crippen molar-refractivity contribution in [3.8, 4) is 28.3 Å². The number of methoxy groups -OCH3 is 1. The van der Waals surface area contributed by atoms with Gasteiger partial charge in [0.2, 0.25) is 5.91 Å². The maximum Gasteiger partial charge on any atom is 0.341 e. The predicted molar refractivity (Wildman–Crippen MR) is 143 cm³/mol. The van der Waals surface area contributed by atoms with E-state index in [4.69, 9.17) is 9.47 Å². The molecular weight excluding hydrogens is 496 g/mol. The Morgan fingerprint density at radius 1 is 1.03 bits per heavy atom. The molecule has 4 aromatic rings. The molecule has 0 atom stereocenters. The highest BCUT2D eigenvalue weighted by atomic mass is 32.2. The van der Waals surface area contributed by atoms with Gasteiger partial charge in [0.15, 0.2) is 11.0 Å². The van der Waals surface area contributed by atoms with E-state index in [0.717, 1.165) is 16.7 Å². The molecule has 1 amide bonds. The van der Waals surface area contributed by atoms with Gasteiger partial charge in [0.1, 0.15) is 16.3 Å². The number of rotatable bonds is 10. The lowest BCUT2D eigenvalue weighted by atomic mass is 10.0. The van der Waals surface area contributed by atoms with Crippen molar-refractivity contribution in [2.45, 2.75) is 25.5 Å². The maximum atomic E-state index is 12.9. The number of carbonyl (C=O) groups excluding carboxylic acids is 2. The zero-order chi connectivity index (χ0) is 25.5. The number of hydrogen-bond donors (Lipinski definition) is 1. The Bertz CT molecular complexity index is 1350. The quantitative estimate of drug-likeness (QED) is 0.214. The van der Waals surface area contributed by atoms with Crippen LogP contribution in [-0.2, 0) is 16.1 Å². The highest BCUT2D eigenvalue weighted by Gasteiger charge is 2.23. The number of anilines is 1. The number of carbonyl (C=O) groups is 2. The summed E-state index contributed by atoms with van der Waals surface area (Å²) in [6.45, 7) is 4.62.